The van der Waals surface area contributed by atoms with E-state index in [4.69, 9.17) is 4.74 Å². The lowest BCUT2D eigenvalue weighted by atomic mass is 10.2. The number of aliphatic imine (C=N–C) groups is 1. The van der Waals surface area contributed by atoms with Gasteiger partial charge in [-0.2, -0.15) is 0 Å². The van der Waals surface area contributed by atoms with Gasteiger partial charge in [0.1, 0.15) is 22.6 Å². The normalized spacial score (nSPS) is 17.5. The number of benzene rings is 2. The van der Waals surface area contributed by atoms with Crippen LogP contribution in [0.1, 0.15) is 12.0 Å². The lowest BCUT2D eigenvalue weighted by Crippen LogP contribution is -2.28. The summed E-state index contributed by atoms with van der Waals surface area (Å²) in [6.45, 7) is 0.312. The average molecular weight is 405 g/mol. The van der Waals surface area contributed by atoms with Crippen LogP contribution in [0, 0.1) is 11.6 Å². The molecule has 1 saturated heterocycles. The van der Waals surface area contributed by atoms with Crippen LogP contribution in [0.2, 0.25) is 0 Å². The van der Waals surface area contributed by atoms with Crippen molar-refractivity contribution in [1.82, 2.24) is 5.32 Å². The number of anilines is 1. The van der Waals surface area contributed by atoms with Gasteiger partial charge in [-0.05, 0) is 18.2 Å². The molecule has 3 rings (SSSR count). The van der Waals surface area contributed by atoms with Crippen LogP contribution in [0.3, 0.4) is 0 Å². The van der Waals surface area contributed by atoms with Crippen LogP contribution in [0.5, 0.6) is 5.75 Å². The molecule has 0 unspecified atom stereocenters. The number of carbonyl (C=O) groups is 2. The van der Waals surface area contributed by atoms with Gasteiger partial charge >= 0.3 is 0 Å². The lowest BCUT2D eigenvalue weighted by Gasteiger charge is -2.08. The Morgan fingerprint density at radius 3 is 2.82 bits per heavy atom. The van der Waals surface area contributed by atoms with Crippen LogP contribution in [-0.4, -0.2) is 29.3 Å². The highest BCUT2D eigenvalue weighted by molar-refractivity contribution is 8.15. The second-order valence-electron chi connectivity index (χ2n) is 5.91. The van der Waals surface area contributed by atoms with Gasteiger partial charge < -0.3 is 15.4 Å². The fraction of sp³-hybridized carbons (Fsp3) is 0.211. The molecule has 6 nitrogen and oxygen atoms in total. The molecule has 1 heterocycles. The summed E-state index contributed by atoms with van der Waals surface area (Å²) >= 11 is 1.13. The zero-order valence-corrected chi connectivity index (χ0v) is 15.7. The van der Waals surface area contributed by atoms with E-state index in [1.165, 1.54) is 0 Å². The van der Waals surface area contributed by atoms with Crippen molar-refractivity contribution in [2.24, 2.45) is 4.99 Å². The number of hydrogen-bond donors (Lipinski definition) is 2. The van der Waals surface area contributed by atoms with Crippen molar-refractivity contribution >= 4 is 34.4 Å². The molecule has 2 amide bonds. The molecule has 1 atom stereocenters. The van der Waals surface area contributed by atoms with Crippen molar-refractivity contribution < 1.29 is 23.1 Å². The van der Waals surface area contributed by atoms with E-state index in [0.717, 1.165) is 29.5 Å². The minimum Gasteiger partial charge on any atom is -0.496 e. The number of nitrogens with zero attached hydrogens (tertiary/aromatic N) is 1. The third-order valence-electron chi connectivity index (χ3n) is 3.94. The number of rotatable bonds is 6. The maximum absolute atomic E-state index is 13.6. The van der Waals surface area contributed by atoms with Gasteiger partial charge in [0.15, 0.2) is 5.17 Å². The number of hydrogen-bond acceptors (Lipinski definition) is 5. The van der Waals surface area contributed by atoms with Crippen molar-refractivity contribution in [3.05, 3.63) is 59.7 Å². The summed E-state index contributed by atoms with van der Waals surface area (Å²) in [5.74, 6) is -1.82. The molecule has 0 radical (unpaired) electrons. The predicted octanol–water partition coefficient (Wildman–Crippen LogP) is 3.09. The molecule has 0 saturated carbocycles. The van der Waals surface area contributed by atoms with Crippen molar-refractivity contribution in [2.75, 3.05) is 12.4 Å². The quantitative estimate of drug-likeness (QED) is 0.774. The Balaban J connectivity index is 1.58. The molecule has 2 N–H and O–H groups in total. The Bertz CT molecular complexity index is 936. The summed E-state index contributed by atoms with van der Waals surface area (Å²) in [6, 6.07) is 10.2. The van der Waals surface area contributed by atoms with Crippen molar-refractivity contribution in [2.45, 2.75) is 18.2 Å². The number of amides is 2. The van der Waals surface area contributed by atoms with Crippen LogP contribution in [0.4, 0.5) is 14.5 Å². The second-order valence-corrected chi connectivity index (χ2v) is 7.10. The summed E-state index contributed by atoms with van der Waals surface area (Å²) in [6.07, 6.45) is -0.166. The average Bonchev–Trinajstić information content (AvgIpc) is 3.02. The zero-order chi connectivity index (χ0) is 20.1. The maximum Gasteiger partial charge on any atom is 0.240 e. The second kappa shape index (κ2) is 8.83. The first-order valence-electron chi connectivity index (χ1n) is 8.35. The Morgan fingerprint density at radius 1 is 1.29 bits per heavy atom. The minimum absolute atomic E-state index is 0.139. The molecule has 2 aromatic carbocycles. The SMILES string of the molecule is COc1ccccc1CN=C1NC(=O)[C@@H](CC(=O)Nc2ccc(F)cc2F)S1. The van der Waals surface area contributed by atoms with E-state index in [2.05, 4.69) is 15.6 Å². The van der Waals surface area contributed by atoms with Crippen molar-refractivity contribution in [3.63, 3.8) is 0 Å². The monoisotopic (exact) mass is 405 g/mol. The van der Waals surface area contributed by atoms with Crippen LogP contribution >= 0.6 is 11.8 Å². The Labute approximate surface area is 164 Å². The zero-order valence-electron chi connectivity index (χ0n) is 14.9. The maximum atomic E-state index is 13.6. The molecule has 0 spiro atoms. The third-order valence-corrected chi connectivity index (χ3v) is 5.06. The third kappa shape index (κ3) is 4.86. The summed E-state index contributed by atoms with van der Waals surface area (Å²) in [5.41, 5.74) is 0.722. The first-order valence-corrected chi connectivity index (χ1v) is 9.23. The molecule has 1 aliphatic heterocycles. The molecule has 146 valence electrons. The standard InChI is InChI=1S/C19H17F2N3O3S/c1-27-15-5-3-2-4-11(15)10-22-19-24-18(26)16(28-19)9-17(25)23-14-7-6-12(20)8-13(14)21/h2-8,16H,9-10H2,1H3,(H,23,25)(H,22,24,26)/t16-/m1/s1. The number of thioether (sulfide) groups is 1. The van der Waals surface area contributed by atoms with Crippen molar-refractivity contribution in [3.8, 4) is 5.75 Å². The molecule has 1 fully saturated rings. The smallest absolute Gasteiger partial charge is 0.240 e. The Morgan fingerprint density at radius 2 is 2.07 bits per heavy atom. The van der Waals surface area contributed by atoms with Gasteiger partial charge in [-0.15, -0.1) is 0 Å². The molecule has 0 aromatic heterocycles. The molecule has 1 aliphatic rings. The summed E-state index contributed by atoms with van der Waals surface area (Å²) in [4.78, 5) is 28.5. The Hall–Kier alpha value is -2.94. The molecule has 9 heteroatoms. The van der Waals surface area contributed by atoms with Gasteiger partial charge in [-0.25, -0.2) is 8.78 Å². The fourth-order valence-electron chi connectivity index (χ4n) is 2.57. The number of methoxy groups -OCH3 is 1. The topological polar surface area (TPSA) is 79.8 Å². The van der Waals surface area contributed by atoms with E-state index in [-0.39, 0.29) is 18.0 Å². The molecule has 0 bridgehead atoms. The van der Waals surface area contributed by atoms with Gasteiger partial charge in [0.25, 0.3) is 0 Å². The van der Waals surface area contributed by atoms with Crippen LogP contribution in [-0.2, 0) is 16.1 Å². The molecular formula is C19H17F2N3O3S. The highest BCUT2D eigenvalue weighted by atomic mass is 32.2. The van der Waals surface area contributed by atoms with Crippen LogP contribution < -0.4 is 15.4 Å². The molecule has 2 aromatic rings. The van der Waals surface area contributed by atoms with E-state index in [9.17, 15) is 18.4 Å². The fourth-order valence-corrected chi connectivity index (χ4v) is 3.53. The summed E-state index contributed by atoms with van der Waals surface area (Å²) in [5, 5.41) is 4.70. The number of halogens is 2. The first kappa shape index (κ1) is 19.8. The van der Waals surface area contributed by atoms with Gasteiger partial charge in [0.05, 0.1) is 19.3 Å². The van der Waals surface area contributed by atoms with Crippen molar-refractivity contribution in [1.29, 1.82) is 0 Å². The largest absolute Gasteiger partial charge is 0.496 e. The van der Waals surface area contributed by atoms with Gasteiger partial charge in [-0.1, -0.05) is 30.0 Å². The van der Waals surface area contributed by atoms with Gasteiger partial charge in [0, 0.05) is 18.1 Å². The van der Waals surface area contributed by atoms with Crippen LogP contribution in [0.15, 0.2) is 47.5 Å². The highest BCUT2D eigenvalue weighted by Gasteiger charge is 2.32. The minimum atomic E-state index is -0.879. The number of amidine groups is 1. The molecule has 0 aliphatic carbocycles. The van der Waals surface area contributed by atoms with Gasteiger partial charge in [0.2, 0.25) is 11.8 Å². The Kier molecular flexibility index (Phi) is 6.25. The van der Waals surface area contributed by atoms with E-state index >= 15 is 0 Å². The number of nitrogens with one attached hydrogen (secondary N) is 2. The highest BCUT2D eigenvalue weighted by Crippen LogP contribution is 2.25. The molecule has 28 heavy (non-hydrogen) atoms. The van der Waals surface area contributed by atoms with E-state index in [0.29, 0.717) is 23.5 Å². The lowest BCUT2D eigenvalue weighted by molar-refractivity contribution is -0.122. The number of carbonyl (C=O) groups excluding carboxylic acids is 2. The summed E-state index contributed by atoms with van der Waals surface area (Å²) < 4.78 is 31.8. The van der Waals surface area contributed by atoms with E-state index < -0.39 is 22.8 Å². The molecular weight excluding hydrogens is 388 g/mol. The summed E-state index contributed by atoms with van der Waals surface area (Å²) in [7, 11) is 1.57. The predicted molar refractivity (Wildman–Crippen MR) is 103 cm³/mol. The number of para-hydroxylation sites is 1. The first-order chi connectivity index (χ1) is 13.5. The van der Waals surface area contributed by atoms with Gasteiger partial charge in [-0.3, -0.25) is 14.6 Å². The van der Waals surface area contributed by atoms with E-state index in [1.807, 2.05) is 24.3 Å². The number of ether oxygens (including phenoxy) is 1. The van der Waals surface area contributed by atoms with Crippen LogP contribution in [0.25, 0.3) is 0 Å². The van der Waals surface area contributed by atoms with E-state index in [1.54, 1.807) is 7.11 Å².